The molecule has 0 aliphatic carbocycles. The zero-order chi connectivity index (χ0) is 23.4. The number of rotatable bonds is 7. The Hall–Kier alpha value is -2.86. The Labute approximate surface area is 196 Å². The summed E-state index contributed by atoms with van der Waals surface area (Å²) < 4.78 is 5.20. The number of hydrogen-bond acceptors (Lipinski definition) is 4. The molecule has 0 radical (unpaired) electrons. The molecule has 0 aromatic heterocycles. The molecule has 4 rings (SSSR count). The molecular weight excluding hydrogens is 414 g/mol. The van der Waals surface area contributed by atoms with E-state index in [9.17, 15) is 9.59 Å². The van der Waals surface area contributed by atoms with E-state index in [-0.39, 0.29) is 23.5 Å². The average molecular weight is 450 g/mol. The molecule has 1 N–H and O–H groups in total. The molecule has 6 heteroatoms. The van der Waals surface area contributed by atoms with Crippen LogP contribution in [-0.4, -0.2) is 60.1 Å². The predicted octanol–water partition coefficient (Wildman–Crippen LogP) is 3.72. The van der Waals surface area contributed by atoms with Crippen LogP contribution in [0.5, 0.6) is 5.75 Å². The van der Waals surface area contributed by atoms with Gasteiger partial charge in [0.2, 0.25) is 5.91 Å². The van der Waals surface area contributed by atoms with Crippen LogP contribution >= 0.6 is 0 Å². The second-order valence-corrected chi connectivity index (χ2v) is 9.40. The SMILES string of the molecule is CC[C@H](C)CN1C(=O)[C@@H](Cc2ccccc2)NC12CCN(C(=O)c1ccc(OC)cc1)CC2. The van der Waals surface area contributed by atoms with Crippen molar-refractivity contribution >= 4 is 11.8 Å². The third kappa shape index (κ3) is 4.91. The van der Waals surface area contributed by atoms with Gasteiger partial charge in [-0.25, -0.2) is 0 Å². The maximum Gasteiger partial charge on any atom is 0.253 e. The Balaban J connectivity index is 1.48. The normalized spacial score (nSPS) is 20.8. The Morgan fingerprint density at radius 1 is 1.12 bits per heavy atom. The molecular formula is C27H35N3O3. The summed E-state index contributed by atoms with van der Waals surface area (Å²) in [6.45, 7) is 6.37. The minimum absolute atomic E-state index is 0.0335. The van der Waals surface area contributed by atoms with Gasteiger partial charge in [-0.2, -0.15) is 0 Å². The van der Waals surface area contributed by atoms with E-state index in [1.807, 2.05) is 47.4 Å². The monoisotopic (exact) mass is 449 g/mol. The van der Waals surface area contributed by atoms with Gasteiger partial charge >= 0.3 is 0 Å². The lowest BCUT2D eigenvalue weighted by atomic mass is 9.94. The summed E-state index contributed by atoms with van der Waals surface area (Å²) in [5.41, 5.74) is 1.45. The fourth-order valence-electron chi connectivity index (χ4n) is 4.97. The molecule has 6 nitrogen and oxygen atoms in total. The first-order valence-electron chi connectivity index (χ1n) is 12.0. The molecule has 1 spiro atoms. The first-order valence-corrected chi connectivity index (χ1v) is 12.0. The van der Waals surface area contributed by atoms with E-state index in [2.05, 4.69) is 36.2 Å². The Morgan fingerprint density at radius 3 is 2.39 bits per heavy atom. The number of likely N-dealkylation sites (tertiary alicyclic amines) is 1. The maximum absolute atomic E-state index is 13.5. The van der Waals surface area contributed by atoms with Crippen molar-refractivity contribution in [3.63, 3.8) is 0 Å². The number of hydrogen-bond donors (Lipinski definition) is 1. The number of carbonyl (C=O) groups is 2. The van der Waals surface area contributed by atoms with Crippen LogP contribution in [0, 0.1) is 5.92 Å². The van der Waals surface area contributed by atoms with Crippen molar-refractivity contribution in [3.05, 3.63) is 65.7 Å². The van der Waals surface area contributed by atoms with E-state index in [0.29, 0.717) is 31.0 Å². The fourth-order valence-corrected chi connectivity index (χ4v) is 4.97. The van der Waals surface area contributed by atoms with E-state index in [1.54, 1.807) is 7.11 Å². The Morgan fingerprint density at radius 2 is 1.79 bits per heavy atom. The van der Waals surface area contributed by atoms with E-state index in [4.69, 9.17) is 4.74 Å². The average Bonchev–Trinajstić information content (AvgIpc) is 3.09. The molecule has 2 aromatic rings. The van der Waals surface area contributed by atoms with Gasteiger partial charge in [-0.05, 0) is 42.2 Å². The van der Waals surface area contributed by atoms with Crippen molar-refractivity contribution < 1.29 is 14.3 Å². The van der Waals surface area contributed by atoms with Crippen LogP contribution in [0.4, 0.5) is 0 Å². The molecule has 176 valence electrons. The van der Waals surface area contributed by atoms with Crippen LogP contribution < -0.4 is 10.1 Å². The van der Waals surface area contributed by atoms with Crippen molar-refractivity contribution in [2.75, 3.05) is 26.7 Å². The fraction of sp³-hybridized carbons (Fsp3) is 0.481. The molecule has 2 amide bonds. The molecule has 0 bridgehead atoms. The highest BCUT2D eigenvalue weighted by atomic mass is 16.5. The van der Waals surface area contributed by atoms with Crippen molar-refractivity contribution in [1.29, 1.82) is 0 Å². The highest BCUT2D eigenvalue weighted by Gasteiger charge is 2.51. The third-order valence-electron chi connectivity index (χ3n) is 7.21. The quantitative estimate of drug-likeness (QED) is 0.700. The van der Waals surface area contributed by atoms with Gasteiger partial charge in [-0.15, -0.1) is 0 Å². The van der Waals surface area contributed by atoms with Crippen LogP contribution in [0.3, 0.4) is 0 Å². The van der Waals surface area contributed by atoms with Crippen molar-refractivity contribution in [2.24, 2.45) is 5.92 Å². The topological polar surface area (TPSA) is 61.9 Å². The summed E-state index contributed by atoms with van der Waals surface area (Å²) in [7, 11) is 1.62. The summed E-state index contributed by atoms with van der Waals surface area (Å²) in [5.74, 6) is 1.39. The van der Waals surface area contributed by atoms with Crippen molar-refractivity contribution in [3.8, 4) is 5.75 Å². The van der Waals surface area contributed by atoms with Crippen LogP contribution in [0.1, 0.15) is 49.0 Å². The van der Waals surface area contributed by atoms with Gasteiger partial charge in [-0.3, -0.25) is 14.9 Å². The van der Waals surface area contributed by atoms with Gasteiger partial charge in [0.05, 0.1) is 18.8 Å². The second-order valence-electron chi connectivity index (χ2n) is 9.40. The number of ether oxygens (including phenoxy) is 1. The number of methoxy groups -OCH3 is 1. The lowest BCUT2D eigenvalue weighted by Crippen LogP contribution is -2.60. The molecule has 2 fully saturated rings. The van der Waals surface area contributed by atoms with Crippen molar-refractivity contribution in [2.45, 2.75) is 51.2 Å². The molecule has 2 aromatic carbocycles. The molecule has 2 saturated heterocycles. The zero-order valence-corrected chi connectivity index (χ0v) is 19.9. The van der Waals surface area contributed by atoms with Crippen LogP contribution in [0.15, 0.2) is 54.6 Å². The summed E-state index contributed by atoms with van der Waals surface area (Å²) in [6, 6.07) is 17.2. The van der Waals surface area contributed by atoms with E-state index >= 15 is 0 Å². The maximum atomic E-state index is 13.5. The number of nitrogens with zero attached hydrogens (tertiary/aromatic N) is 2. The van der Waals surface area contributed by atoms with Gasteiger partial charge in [0, 0.05) is 38.0 Å². The Kier molecular flexibility index (Phi) is 7.03. The third-order valence-corrected chi connectivity index (χ3v) is 7.21. The molecule has 0 saturated carbocycles. The van der Waals surface area contributed by atoms with Gasteiger partial charge in [0.15, 0.2) is 0 Å². The highest BCUT2D eigenvalue weighted by Crippen LogP contribution is 2.34. The van der Waals surface area contributed by atoms with E-state index in [0.717, 1.165) is 37.1 Å². The minimum atomic E-state index is -0.378. The van der Waals surface area contributed by atoms with Crippen LogP contribution in [-0.2, 0) is 11.2 Å². The van der Waals surface area contributed by atoms with Gasteiger partial charge in [0.25, 0.3) is 5.91 Å². The predicted molar refractivity (Wildman–Crippen MR) is 129 cm³/mol. The molecule has 2 aliphatic heterocycles. The molecule has 0 unspecified atom stereocenters. The van der Waals surface area contributed by atoms with Crippen molar-refractivity contribution in [1.82, 2.24) is 15.1 Å². The van der Waals surface area contributed by atoms with Gasteiger partial charge in [0.1, 0.15) is 5.75 Å². The smallest absolute Gasteiger partial charge is 0.253 e. The lowest BCUT2D eigenvalue weighted by molar-refractivity contribution is -0.134. The van der Waals surface area contributed by atoms with Gasteiger partial charge < -0.3 is 14.5 Å². The summed E-state index contributed by atoms with van der Waals surface area (Å²) >= 11 is 0. The summed E-state index contributed by atoms with van der Waals surface area (Å²) in [5, 5.41) is 3.72. The first-order chi connectivity index (χ1) is 16.0. The number of benzene rings is 2. The molecule has 2 atom stereocenters. The van der Waals surface area contributed by atoms with E-state index < -0.39 is 0 Å². The zero-order valence-electron chi connectivity index (χ0n) is 19.9. The van der Waals surface area contributed by atoms with E-state index in [1.165, 1.54) is 0 Å². The number of nitrogens with one attached hydrogen (secondary N) is 1. The highest BCUT2D eigenvalue weighted by molar-refractivity contribution is 5.94. The minimum Gasteiger partial charge on any atom is -0.497 e. The largest absolute Gasteiger partial charge is 0.497 e. The standard InChI is InChI=1S/C27H35N3O3/c1-4-20(2)19-30-26(32)24(18-21-8-6-5-7-9-21)28-27(30)14-16-29(17-15-27)25(31)22-10-12-23(33-3)13-11-22/h5-13,20,24,28H,4,14-19H2,1-3H3/t20-,24+/m0/s1. The summed E-state index contributed by atoms with van der Waals surface area (Å²) in [4.78, 5) is 30.6. The summed E-state index contributed by atoms with van der Waals surface area (Å²) in [6.07, 6.45) is 3.20. The Bertz CT molecular complexity index is 952. The van der Waals surface area contributed by atoms with Crippen LogP contribution in [0.2, 0.25) is 0 Å². The number of carbonyl (C=O) groups excluding carboxylic acids is 2. The first kappa shape index (κ1) is 23.3. The van der Waals surface area contributed by atoms with Crippen LogP contribution in [0.25, 0.3) is 0 Å². The number of amides is 2. The number of piperidine rings is 1. The molecule has 33 heavy (non-hydrogen) atoms. The molecule has 2 heterocycles. The van der Waals surface area contributed by atoms with Gasteiger partial charge in [-0.1, -0.05) is 50.6 Å². The second kappa shape index (κ2) is 9.96. The molecule has 2 aliphatic rings. The lowest BCUT2D eigenvalue weighted by Gasteiger charge is -2.45.